The van der Waals surface area contributed by atoms with Crippen LogP contribution < -0.4 is 4.74 Å². The number of ether oxygens (including phenoxy) is 1. The molecule has 6 heteroatoms. The number of hydrogen-bond donors (Lipinski definition) is 1. The van der Waals surface area contributed by atoms with Gasteiger partial charge in [-0.3, -0.25) is 0 Å². The largest absolute Gasteiger partial charge is 0.511 e. The summed E-state index contributed by atoms with van der Waals surface area (Å²) in [5.41, 5.74) is -0.215. The van der Waals surface area contributed by atoms with Crippen LogP contribution in [0.15, 0.2) is 48.5 Å². The first-order valence-corrected chi connectivity index (χ1v) is 6.83. The van der Waals surface area contributed by atoms with Crippen molar-refractivity contribution >= 4 is 16.9 Å². The molecule has 0 fully saturated rings. The minimum atomic E-state index is -1.51. The fourth-order valence-electron chi connectivity index (χ4n) is 2.56. The third kappa shape index (κ3) is 2.63. The lowest BCUT2D eigenvalue weighted by Gasteiger charge is -2.12. The number of hydrogen-bond acceptors (Lipinski definition) is 3. The van der Waals surface area contributed by atoms with Crippen LogP contribution in [0.2, 0.25) is 0 Å². The van der Waals surface area contributed by atoms with E-state index < -0.39 is 17.8 Å². The predicted molar refractivity (Wildman–Crippen MR) is 82.7 cm³/mol. The van der Waals surface area contributed by atoms with Gasteiger partial charge in [0.25, 0.3) is 0 Å². The molecule has 3 aromatic rings. The Labute approximate surface area is 135 Å². The molecule has 0 saturated carbocycles. The summed E-state index contributed by atoms with van der Waals surface area (Å²) in [6.07, 6.45) is -1.51. The van der Waals surface area contributed by atoms with Gasteiger partial charge >= 0.3 is 6.16 Å². The van der Waals surface area contributed by atoms with Crippen LogP contribution in [-0.2, 0) is 0 Å². The highest BCUT2D eigenvalue weighted by Gasteiger charge is 2.18. The fraction of sp³-hybridized carbons (Fsp3) is 0. The van der Waals surface area contributed by atoms with Gasteiger partial charge in [-0.05, 0) is 41.1 Å². The highest BCUT2D eigenvalue weighted by molar-refractivity contribution is 6.00. The van der Waals surface area contributed by atoms with E-state index in [4.69, 9.17) is 5.11 Å². The van der Waals surface area contributed by atoms with Crippen molar-refractivity contribution in [3.8, 4) is 22.9 Å². The number of carboxylic acid groups (broad SMARTS) is 1. The molecule has 1 N–H and O–H groups in total. The van der Waals surface area contributed by atoms with Crippen molar-refractivity contribution in [2.24, 2.45) is 0 Å². The second kappa shape index (κ2) is 5.97. The third-order valence-corrected chi connectivity index (χ3v) is 3.53. The summed E-state index contributed by atoms with van der Waals surface area (Å²) in [5.74, 6) is -1.64. The van der Waals surface area contributed by atoms with Crippen molar-refractivity contribution in [2.75, 3.05) is 0 Å². The van der Waals surface area contributed by atoms with Gasteiger partial charge in [0, 0.05) is 5.56 Å². The number of halogens is 2. The average Bonchev–Trinajstić information content (AvgIpc) is 2.54. The lowest BCUT2D eigenvalue weighted by molar-refractivity contribution is 0.144. The van der Waals surface area contributed by atoms with Crippen LogP contribution in [-0.4, -0.2) is 11.3 Å². The van der Waals surface area contributed by atoms with Gasteiger partial charge in [-0.25, -0.2) is 13.6 Å². The van der Waals surface area contributed by atoms with E-state index in [0.717, 1.165) is 12.1 Å². The van der Waals surface area contributed by atoms with E-state index in [1.807, 2.05) is 6.07 Å². The second-order valence-corrected chi connectivity index (χ2v) is 4.95. The Kier molecular flexibility index (Phi) is 3.84. The normalized spacial score (nSPS) is 10.4. The Morgan fingerprint density at radius 2 is 1.71 bits per heavy atom. The Bertz CT molecular complexity index is 989. The van der Waals surface area contributed by atoms with E-state index in [2.05, 4.69) is 4.74 Å². The molecule has 0 aliphatic rings. The molecule has 118 valence electrons. The molecule has 0 heterocycles. The molecule has 3 rings (SSSR count). The molecule has 24 heavy (non-hydrogen) atoms. The Balaban J connectivity index is 2.39. The first-order valence-electron chi connectivity index (χ1n) is 6.83. The monoisotopic (exact) mass is 325 g/mol. The van der Waals surface area contributed by atoms with E-state index >= 15 is 0 Å². The second-order valence-electron chi connectivity index (χ2n) is 4.95. The van der Waals surface area contributed by atoms with Crippen LogP contribution in [0.25, 0.3) is 21.9 Å². The summed E-state index contributed by atoms with van der Waals surface area (Å²) in [4.78, 5) is 10.7. The topological polar surface area (TPSA) is 70.3 Å². The van der Waals surface area contributed by atoms with Crippen LogP contribution in [0, 0.1) is 23.0 Å². The van der Waals surface area contributed by atoms with Crippen molar-refractivity contribution in [3.63, 3.8) is 0 Å². The molecule has 4 nitrogen and oxygen atoms in total. The van der Waals surface area contributed by atoms with Crippen molar-refractivity contribution in [1.82, 2.24) is 0 Å². The van der Waals surface area contributed by atoms with Gasteiger partial charge in [0.05, 0.1) is 17.2 Å². The lowest BCUT2D eigenvalue weighted by atomic mass is 9.93. The molecule has 0 aliphatic heterocycles. The molecule has 0 spiro atoms. The number of carbonyl (C=O) groups is 1. The zero-order valence-electron chi connectivity index (χ0n) is 12.1. The lowest BCUT2D eigenvalue weighted by Crippen LogP contribution is -2.03. The van der Waals surface area contributed by atoms with Crippen molar-refractivity contribution in [3.05, 3.63) is 65.7 Å². The maximum atomic E-state index is 14.2. The van der Waals surface area contributed by atoms with Crippen LogP contribution in [0.1, 0.15) is 5.56 Å². The zero-order valence-corrected chi connectivity index (χ0v) is 12.1. The first-order chi connectivity index (χ1) is 11.5. The van der Waals surface area contributed by atoms with E-state index in [-0.39, 0.29) is 22.4 Å². The van der Waals surface area contributed by atoms with Crippen molar-refractivity contribution in [1.29, 1.82) is 5.26 Å². The minimum absolute atomic E-state index is 0.0110. The van der Waals surface area contributed by atoms with Crippen LogP contribution >= 0.6 is 0 Å². The summed E-state index contributed by atoms with van der Waals surface area (Å²) in [6, 6.07) is 12.7. The molecule has 0 amide bonds. The summed E-state index contributed by atoms with van der Waals surface area (Å²) in [5, 5.41) is 18.9. The van der Waals surface area contributed by atoms with Crippen LogP contribution in [0.4, 0.5) is 13.6 Å². The molecule has 0 saturated heterocycles. The highest BCUT2D eigenvalue weighted by atomic mass is 19.1. The Hall–Kier alpha value is -3.46. The van der Waals surface area contributed by atoms with E-state index in [0.29, 0.717) is 10.8 Å². The minimum Gasteiger partial charge on any atom is -0.449 e. The molecule has 3 aromatic carbocycles. The smallest absolute Gasteiger partial charge is 0.449 e. The van der Waals surface area contributed by atoms with E-state index in [1.165, 1.54) is 24.3 Å². The maximum absolute atomic E-state index is 14.2. The zero-order chi connectivity index (χ0) is 17.3. The summed E-state index contributed by atoms with van der Waals surface area (Å²) >= 11 is 0. The van der Waals surface area contributed by atoms with Gasteiger partial charge in [-0.2, -0.15) is 5.26 Å². The van der Waals surface area contributed by atoms with Crippen LogP contribution in [0.3, 0.4) is 0 Å². The first kappa shape index (κ1) is 15.4. The van der Waals surface area contributed by atoms with Gasteiger partial charge in [-0.15, -0.1) is 0 Å². The Morgan fingerprint density at radius 1 is 1.04 bits per heavy atom. The molecule has 0 aliphatic carbocycles. The van der Waals surface area contributed by atoms with E-state index in [1.54, 1.807) is 12.1 Å². The average molecular weight is 325 g/mol. The summed E-state index contributed by atoms with van der Waals surface area (Å²) in [6.45, 7) is 0. The molecule has 0 atom stereocenters. The van der Waals surface area contributed by atoms with E-state index in [9.17, 15) is 18.8 Å². The van der Waals surface area contributed by atoms with Crippen molar-refractivity contribution < 1.29 is 23.4 Å². The molecule has 0 unspecified atom stereocenters. The van der Waals surface area contributed by atoms with Crippen molar-refractivity contribution in [2.45, 2.75) is 0 Å². The number of rotatable bonds is 2. The quantitative estimate of drug-likeness (QED) is 0.547. The molecule has 0 aromatic heterocycles. The number of benzene rings is 3. The van der Waals surface area contributed by atoms with Gasteiger partial charge in [-0.1, -0.05) is 18.2 Å². The molecular weight excluding hydrogens is 316 g/mol. The van der Waals surface area contributed by atoms with Gasteiger partial charge in [0.2, 0.25) is 0 Å². The standard InChI is InChI=1S/C18H9F2NO3/c19-14-2-1-3-15(20)17(14)16-11(9-21)5-4-10-6-7-12(8-13(10)16)24-18(22)23/h1-8H,(H,22,23). The van der Waals surface area contributed by atoms with Gasteiger partial charge < -0.3 is 9.84 Å². The molecular formula is C18H9F2NO3. The fourth-order valence-corrected chi connectivity index (χ4v) is 2.56. The highest BCUT2D eigenvalue weighted by Crippen LogP contribution is 2.36. The number of nitriles is 1. The molecule has 0 bridgehead atoms. The summed E-state index contributed by atoms with van der Waals surface area (Å²) in [7, 11) is 0. The third-order valence-electron chi connectivity index (χ3n) is 3.53. The van der Waals surface area contributed by atoms with Crippen LogP contribution in [0.5, 0.6) is 5.75 Å². The predicted octanol–water partition coefficient (Wildman–Crippen LogP) is 4.71. The van der Waals surface area contributed by atoms with Gasteiger partial charge in [0.1, 0.15) is 17.4 Å². The molecule has 0 radical (unpaired) electrons. The maximum Gasteiger partial charge on any atom is 0.511 e. The SMILES string of the molecule is N#Cc1ccc2ccc(OC(=O)O)cc2c1-c1c(F)cccc1F. The number of nitrogens with zero attached hydrogens (tertiary/aromatic N) is 1. The Morgan fingerprint density at radius 3 is 2.33 bits per heavy atom. The summed E-state index contributed by atoms with van der Waals surface area (Å²) < 4.78 is 33.0. The van der Waals surface area contributed by atoms with Gasteiger partial charge in [0.15, 0.2) is 0 Å². The number of fused-ring (bicyclic) bond motifs is 1.